The van der Waals surface area contributed by atoms with Crippen molar-refractivity contribution in [2.24, 2.45) is 0 Å². The summed E-state index contributed by atoms with van der Waals surface area (Å²) in [5.41, 5.74) is -3.41. The standard InChI is InChI=1S/C34H28ClF3N4O5/c1-32(2,44)23-15-27(40-30(28(23)36)18-8-11-25-26(14-18)47-34(37,38)46-25)33(45,21-6-4-3-5-7-21)17-39-31(43)19-12-20-16-42(22-9-10-22)41-29(20)24(35)13-19/h3-8,11-16,22,44-45H,9-10,17H2,1-2H3,(H,39,43)/t33-/m1/s1. The predicted octanol–water partition coefficient (Wildman–Crippen LogP) is 6.44. The Morgan fingerprint density at radius 1 is 1.06 bits per heavy atom. The molecule has 242 valence electrons. The van der Waals surface area contributed by atoms with Gasteiger partial charge in [0.25, 0.3) is 5.91 Å². The van der Waals surface area contributed by atoms with Crippen molar-refractivity contribution < 1.29 is 37.7 Å². The number of hydrogen-bond donors (Lipinski definition) is 3. The third kappa shape index (κ3) is 5.77. The second-order valence-electron chi connectivity index (χ2n) is 12.3. The van der Waals surface area contributed by atoms with Crippen LogP contribution < -0.4 is 14.8 Å². The van der Waals surface area contributed by atoms with E-state index in [9.17, 15) is 23.8 Å². The topological polar surface area (TPSA) is 119 Å². The van der Waals surface area contributed by atoms with Crippen molar-refractivity contribution >= 4 is 28.4 Å². The Kier molecular flexibility index (Phi) is 7.23. The Balaban J connectivity index is 1.29. The van der Waals surface area contributed by atoms with Gasteiger partial charge < -0.3 is 25.0 Å². The average molecular weight is 665 g/mol. The molecule has 1 aliphatic carbocycles. The maximum Gasteiger partial charge on any atom is 0.586 e. The number of fused-ring (bicyclic) bond motifs is 2. The molecule has 13 heteroatoms. The molecule has 47 heavy (non-hydrogen) atoms. The summed E-state index contributed by atoms with van der Waals surface area (Å²) in [7, 11) is 0. The van der Waals surface area contributed by atoms with Crippen LogP contribution in [0.25, 0.3) is 22.2 Å². The molecule has 5 aromatic rings. The maximum atomic E-state index is 16.1. The van der Waals surface area contributed by atoms with E-state index in [1.54, 1.807) is 36.4 Å². The first kappa shape index (κ1) is 31.0. The summed E-state index contributed by atoms with van der Waals surface area (Å²) < 4.78 is 54.4. The van der Waals surface area contributed by atoms with E-state index in [4.69, 9.17) is 11.6 Å². The lowest BCUT2D eigenvalue weighted by molar-refractivity contribution is -0.286. The van der Waals surface area contributed by atoms with Crippen molar-refractivity contribution in [1.82, 2.24) is 20.1 Å². The van der Waals surface area contributed by atoms with E-state index in [0.29, 0.717) is 27.5 Å². The van der Waals surface area contributed by atoms with Crippen LogP contribution in [0.5, 0.6) is 11.5 Å². The van der Waals surface area contributed by atoms with Gasteiger partial charge in [-0.05, 0) is 68.7 Å². The number of carbonyl (C=O) groups is 1. The number of halogens is 4. The van der Waals surface area contributed by atoms with Crippen molar-refractivity contribution in [1.29, 1.82) is 0 Å². The quantitative estimate of drug-likeness (QED) is 0.175. The van der Waals surface area contributed by atoms with Gasteiger partial charge in [-0.3, -0.25) is 9.48 Å². The fourth-order valence-electron chi connectivity index (χ4n) is 5.61. The molecule has 3 N–H and O–H groups in total. The molecule has 0 saturated heterocycles. The van der Waals surface area contributed by atoms with Crippen molar-refractivity contribution in [3.8, 4) is 22.8 Å². The number of benzene rings is 3. The largest absolute Gasteiger partial charge is 0.586 e. The van der Waals surface area contributed by atoms with Gasteiger partial charge in [0.05, 0.1) is 28.9 Å². The molecule has 1 amide bonds. The van der Waals surface area contributed by atoms with E-state index in [2.05, 4.69) is 24.9 Å². The van der Waals surface area contributed by atoms with Crippen molar-refractivity contribution in [3.63, 3.8) is 0 Å². The molecule has 2 aliphatic rings. The Bertz CT molecular complexity index is 2050. The van der Waals surface area contributed by atoms with E-state index >= 15 is 4.39 Å². The van der Waals surface area contributed by atoms with E-state index in [-0.39, 0.29) is 39.6 Å². The molecular formula is C34H28ClF3N4O5. The van der Waals surface area contributed by atoms with Crippen molar-refractivity contribution in [3.05, 3.63) is 106 Å². The number of amides is 1. The monoisotopic (exact) mass is 664 g/mol. The zero-order valence-corrected chi connectivity index (χ0v) is 25.9. The van der Waals surface area contributed by atoms with E-state index < -0.39 is 35.8 Å². The van der Waals surface area contributed by atoms with Crippen LogP contribution in [-0.2, 0) is 11.2 Å². The van der Waals surface area contributed by atoms with Crippen LogP contribution in [0.15, 0.2) is 72.9 Å². The molecule has 1 saturated carbocycles. The highest BCUT2D eigenvalue weighted by atomic mass is 35.5. The second-order valence-corrected chi connectivity index (χ2v) is 12.7. The van der Waals surface area contributed by atoms with Crippen LogP contribution in [-0.4, -0.2) is 43.7 Å². The summed E-state index contributed by atoms with van der Waals surface area (Å²) in [5, 5.41) is 31.6. The fraction of sp³-hybridized carbons (Fsp3) is 0.265. The third-order valence-electron chi connectivity index (χ3n) is 8.23. The Morgan fingerprint density at radius 2 is 1.79 bits per heavy atom. The normalized spacial score (nSPS) is 16.7. The number of carbonyl (C=O) groups excluding carboxylic acids is 1. The predicted molar refractivity (Wildman–Crippen MR) is 166 cm³/mol. The molecule has 3 aromatic carbocycles. The summed E-state index contributed by atoms with van der Waals surface area (Å²) in [6.45, 7) is 2.28. The van der Waals surface area contributed by atoms with Crippen molar-refractivity contribution in [2.45, 2.75) is 50.2 Å². The van der Waals surface area contributed by atoms with Crippen LogP contribution in [0.4, 0.5) is 13.2 Å². The zero-order chi connectivity index (χ0) is 33.3. The van der Waals surface area contributed by atoms with Gasteiger partial charge in [0, 0.05) is 28.3 Å². The molecule has 1 atom stereocenters. The van der Waals surface area contributed by atoms with E-state index in [1.807, 2.05) is 10.9 Å². The van der Waals surface area contributed by atoms with Crippen LogP contribution in [0.3, 0.4) is 0 Å². The van der Waals surface area contributed by atoms with E-state index in [1.165, 1.54) is 38.1 Å². The summed E-state index contributed by atoms with van der Waals surface area (Å²) in [4.78, 5) is 18.0. The molecule has 2 aromatic heterocycles. The lowest BCUT2D eigenvalue weighted by Gasteiger charge is -2.31. The lowest BCUT2D eigenvalue weighted by Crippen LogP contribution is -2.42. The molecule has 1 fully saturated rings. The van der Waals surface area contributed by atoms with E-state index in [0.717, 1.165) is 18.9 Å². The first-order valence-corrected chi connectivity index (χ1v) is 15.2. The minimum Gasteiger partial charge on any atom is -0.395 e. The molecule has 3 heterocycles. The molecule has 0 unspecified atom stereocenters. The van der Waals surface area contributed by atoms with Crippen LogP contribution in [0.1, 0.15) is 59.9 Å². The third-order valence-corrected chi connectivity index (χ3v) is 8.52. The van der Waals surface area contributed by atoms with Crippen LogP contribution in [0, 0.1) is 5.82 Å². The SMILES string of the molecule is CC(C)(O)c1cc([C@@](O)(CNC(=O)c2cc(Cl)c3nn(C4CC4)cc3c2)c2ccccc2)nc(-c2ccc3c(c2)OC(F)(F)O3)c1F. The number of aromatic nitrogens is 3. The molecule has 9 nitrogen and oxygen atoms in total. The minimum atomic E-state index is -3.90. The number of pyridine rings is 1. The van der Waals surface area contributed by atoms with Gasteiger partial charge in [-0.1, -0.05) is 41.9 Å². The van der Waals surface area contributed by atoms with Gasteiger partial charge in [-0.25, -0.2) is 9.37 Å². The van der Waals surface area contributed by atoms with Gasteiger partial charge in [0.2, 0.25) is 0 Å². The maximum absolute atomic E-state index is 16.1. The average Bonchev–Trinajstić information content (AvgIpc) is 3.70. The molecule has 7 rings (SSSR count). The minimum absolute atomic E-state index is 0.0176. The molecule has 0 radical (unpaired) electrons. The number of nitrogens with zero attached hydrogens (tertiary/aromatic N) is 3. The lowest BCUT2D eigenvalue weighted by atomic mass is 9.86. The van der Waals surface area contributed by atoms with Gasteiger partial charge in [-0.2, -0.15) is 5.10 Å². The first-order chi connectivity index (χ1) is 22.2. The summed E-state index contributed by atoms with van der Waals surface area (Å²) in [6, 6.07) is 16.6. The highest BCUT2D eigenvalue weighted by molar-refractivity contribution is 6.35. The molecule has 1 aliphatic heterocycles. The number of aliphatic hydroxyl groups is 2. The number of ether oxygens (including phenoxy) is 2. The highest BCUT2D eigenvalue weighted by Crippen LogP contribution is 2.44. The Morgan fingerprint density at radius 3 is 2.49 bits per heavy atom. The van der Waals surface area contributed by atoms with Crippen LogP contribution >= 0.6 is 11.6 Å². The second kappa shape index (κ2) is 11.0. The van der Waals surface area contributed by atoms with Gasteiger partial charge in [0.15, 0.2) is 17.3 Å². The smallest absolute Gasteiger partial charge is 0.395 e. The summed E-state index contributed by atoms with van der Waals surface area (Å²) >= 11 is 6.50. The molecule has 0 bridgehead atoms. The Labute approximate surface area is 271 Å². The fourth-order valence-corrected chi connectivity index (χ4v) is 5.87. The van der Waals surface area contributed by atoms with Crippen molar-refractivity contribution in [2.75, 3.05) is 6.54 Å². The summed E-state index contributed by atoms with van der Waals surface area (Å²) in [6.07, 6.45) is -0.00745. The Hall–Kier alpha value is -4.65. The molecular weight excluding hydrogens is 637 g/mol. The number of nitrogens with one attached hydrogen (secondary N) is 1. The molecule has 0 spiro atoms. The van der Waals surface area contributed by atoms with Gasteiger partial charge >= 0.3 is 6.29 Å². The van der Waals surface area contributed by atoms with Gasteiger partial charge in [-0.15, -0.1) is 8.78 Å². The van der Waals surface area contributed by atoms with Gasteiger partial charge in [0.1, 0.15) is 16.8 Å². The van der Waals surface area contributed by atoms with Crippen LogP contribution in [0.2, 0.25) is 5.02 Å². The first-order valence-electron chi connectivity index (χ1n) is 14.8. The summed E-state index contributed by atoms with van der Waals surface area (Å²) in [5.74, 6) is -2.09. The zero-order valence-electron chi connectivity index (χ0n) is 25.1. The number of hydrogen-bond acceptors (Lipinski definition) is 7. The highest BCUT2D eigenvalue weighted by Gasteiger charge is 2.44. The number of rotatable bonds is 8. The number of alkyl halides is 2.